The summed E-state index contributed by atoms with van der Waals surface area (Å²) in [6.07, 6.45) is 0. The first-order chi connectivity index (χ1) is 6.78. The second kappa shape index (κ2) is 9.57. The third-order valence-corrected chi connectivity index (χ3v) is 3.01. The first-order valence-corrected chi connectivity index (χ1v) is 6.22. The van der Waals surface area contributed by atoms with Crippen LogP contribution in [0.1, 0.15) is 6.92 Å². The van der Waals surface area contributed by atoms with Gasteiger partial charge in [0.15, 0.2) is 0 Å². The molecule has 1 rings (SSSR count). The fraction of sp³-hybridized carbons (Fsp3) is 1.00. The highest BCUT2D eigenvalue weighted by molar-refractivity contribution is 6.36. The minimum Gasteiger partial charge on any atom is -0.379 e. The lowest BCUT2D eigenvalue weighted by atomic mass is 10.2. The van der Waals surface area contributed by atoms with Crippen LogP contribution in [0.3, 0.4) is 0 Å². The molecule has 1 heterocycles. The van der Waals surface area contributed by atoms with E-state index >= 15 is 0 Å². The van der Waals surface area contributed by atoms with Gasteiger partial charge in [-0.3, -0.25) is 0 Å². The summed E-state index contributed by atoms with van der Waals surface area (Å²) in [5.41, 5.74) is 0. The van der Waals surface area contributed by atoms with Gasteiger partial charge in [-0.25, -0.2) is 0 Å². The van der Waals surface area contributed by atoms with Gasteiger partial charge in [0.2, 0.25) is 0 Å². The molecule has 0 unspecified atom stereocenters. The Morgan fingerprint density at radius 1 is 1.21 bits per heavy atom. The SMILES string of the molecule is CCNC1CNC1.CO[SiH](OC)OC. The summed E-state index contributed by atoms with van der Waals surface area (Å²) < 4.78 is 14.2. The molecule has 5 nitrogen and oxygen atoms in total. The first-order valence-electron chi connectivity index (χ1n) is 4.80. The van der Waals surface area contributed by atoms with Gasteiger partial charge in [-0.15, -0.1) is 0 Å². The highest BCUT2D eigenvalue weighted by atomic mass is 28.3. The maximum absolute atomic E-state index is 4.74. The zero-order valence-electron chi connectivity index (χ0n) is 9.50. The van der Waals surface area contributed by atoms with Crippen molar-refractivity contribution in [2.75, 3.05) is 41.0 Å². The number of hydrogen-bond acceptors (Lipinski definition) is 5. The van der Waals surface area contributed by atoms with E-state index in [0.717, 1.165) is 25.7 Å². The van der Waals surface area contributed by atoms with Crippen molar-refractivity contribution in [1.29, 1.82) is 0 Å². The zero-order chi connectivity index (χ0) is 10.8. The Hall–Kier alpha value is 0.0169. The van der Waals surface area contributed by atoms with Crippen LogP contribution in [0.25, 0.3) is 0 Å². The third kappa shape index (κ3) is 6.47. The van der Waals surface area contributed by atoms with E-state index in [9.17, 15) is 0 Å². The van der Waals surface area contributed by atoms with E-state index in [1.807, 2.05) is 0 Å². The molecular weight excluding hydrogens is 200 g/mol. The number of likely N-dealkylation sites (N-methyl/N-ethyl adjacent to an activating group) is 1. The van der Waals surface area contributed by atoms with E-state index < -0.39 is 9.53 Å². The van der Waals surface area contributed by atoms with Crippen molar-refractivity contribution in [3.8, 4) is 0 Å². The maximum atomic E-state index is 4.74. The summed E-state index contributed by atoms with van der Waals surface area (Å²) in [5, 5.41) is 6.50. The highest BCUT2D eigenvalue weighted by Gasteiger charge is 2.13. The summed E-state index contributed by atoms with van der Waals surface area (Å²) in [5.74, 6) is 0. The Balaban J connectivity index is 0.000000241. The van der Waals surface area contributed by atoms with E-state index in [-0.39, 0.29) is 0 Å². The molecule has 0 aliphatic carbocycles. The van der Waals surface area contributed by atoms with Gasteiger partial charge in [-0.05, 0) is 6.54 Å². The molecule has 2 N–H and O–H groups in total. The summed E-state index contributed by atoms with van der Waals surface area (Å²) in [7, 11) is 3.05. The predicted molar refractivity (Wildman–Crippen MR) is 58.5 cm³/mol. The van der Waals surface area contributed by atoms with Gasteiger partial charge >= 0.3 is 9.53 Å². The van der Waals surface area contributed by atoms with Crippen LogP contribution < -0.4 is 10.6 Å². The van der Waals surface area contributed by atoms with Crippen molar-refractivity contribution in [3.63, 3.8) is 0 Å². The van der Waals surface area contributed by atoms with Crippen LogP contribution in [0.15, 0.2) is 0 Å². The molecule has 86 valence electrons. The van der Waals surface area contributed by atoms with E-state index in [4.69, 9.17) is 13.3 Å². The lowest BCUT2D eigenvalue weighted by Crippen LogP contribution is -2.55. The molecule has 1 aliphatic rings. The van der Waals surface area contributed by atoms with Crippen molar-refractivity contribution in [3.05, 3.63) is 0 Å². The highest BCUT2D eigenvalue weighted by Crippen LogP contribution is 1.87. The lowest BCUT2D eigenvalue weighted by molar-refractivity contribution is 0.163. The largest absolute Gasteiger partial charge is 0.483 e. The van der Waals surface area contributed by atoms with Crippen molar-refractivity contribution >= 4 is 9.53 Å². The second-order valence-electron chi connectivity index (χ2n) is 2.91. The molecule has 0 aromatic carbocycles. The summed E-state index contributed by atoms with van der Waals surface area (Å²) in [4.78, 5) is 0. The first kappa shape index (κ1) is 14.0. The van der Waals surface area contributed by atoms with Crippen LogP contribution in [0.4, 0.5) is 0 Å². The molecule has 1 saturated heterocycles. The lowest BCUT2D eigenvalue weighted by Gasteiger charge is -2.27. The van der Waals surface area contributed by atoms with E-state index in [0.29, 0.717) is 0 Å². The molecule has 1 fully saturated rings. The van der Waals surface area contributed by atoms with Crippen LogP contribution in [0.2, 0.25) is 0 Å². The summed E-state index contributed by atoms with van der Waals surface area (Å²) >= 11 is 0. The van der Waals surface area contributed by atoms with Crippen molar-refractivity contribution in [2.24, 2.45) is 0 Å². The quantitative estimate of drug-likeness (QED) is 0.597. The Morgan fingerprint density at radius 2 is 1.71 bits per heavy atom. The summed E-state index contributed by atoms with van der Waals surface area (Å²) in [6.45, 7) is 5.56. The van der Waals surface area contributed by atoms with Crippen molar-refractivity contribution < 1.29 is 13.3 Å². The van der Waals surface area contributed by atoms with E-state index in [2.05, 4.69) is 17.6 Å². The molecule has 0 atom stereocenters. The van der Waals surface area contributed by atoms with E-state index in [1.54, 1.807) is 21.3 Å². The normalized spacial score (nSPS) is 16.1. The van der Waals surface area contributed by atoms with Crippen LogP contribution in [-0.4, -0.2) is 56.5 Å². The van der Waals surface area contributed by atoms with Crippen LogP contribution in [-0.2, 0) is 13.3 Å². The second-order valence-corrected chi connectivity index (χ2v) is 4.90. The molecule has 0 saturated carbocycles. The predicted octanol–water partition coefficient (Wildman–Crippen LogP) is -0.789. The topological polar surface area (TPSA) is 51.8 Å². The standard InChI is InChI=1S/C5H12N2.C3H10O3Si/c1-2-7-5-3-6-4-5;1-4-7(5-2)6-3/h5-7H,2-4H2,1H3;7H,1-3H3. The molecule has 0 amide bonds. The third-order valence-electron chi connectivity index (χ3n) is 1.85. The average Bonchev–Trinajstić information content (AvgIpc) is 2.15. The van der Waals surface area contributed by atoms with Crippen LogP contribution >= 0.6 is 0 Å². The monoisotopic (exact) mass is 222 g/mol. The Kier molecular flexibility index (Phi) is 9.58. The maximum Gasteiger partial charge on any atom is 0.483 e. The van der Waals surface area contributed by atoms with E-state index in [1.165, 1.54) is 0 Å². The fourth-order valence-corrected chi connectivity index (χ4v) is 1.59. The molecule has 0 bridgehead atoms. The number of nitrogens with one attached hydrogen (secondary N) is 2. The molecule has 0 aromatic rings. The molecule has 6 heteroatoms. The average molecular weight is 222 g/mol. The Morgan fingerprint density at radius 3 is 1.79 bits per heavy atom. The van der Waals surface area contributed by atoms with Gasteiger partial charge in [-0.1, -0.05) is 6.92 Å². The Labute approximate surface area is 88.1 Å². The minimum atomic E-state index is -1.67. The van der Waals surface area contributed by atoms with Crippen molar-refractivity contribution in [1.82, 2.24) is 10.6 Å². The molecule has 0 spiro atoms. The molecule has 1 aliphatic heterocycles. The zero-order valence-corrected chi connectivity index (χ0v) is 10.7. The van der Waals surface area contributed by atoms with Gasteiger partial charge in [-0.2, -0.15) is 0 Å². The minimum absolute atomic E-state index is 0.769. The van der Waals surface area contributed by atoms with Crippen molar-refractivity contribution in [2.45, 2.75) is 13.0 Å². The molecular formula is C8H22N2O3Si. The van der Waals surface area contributed by atoms with Gasteiger partial charge in [0.1, 0.15) is 0 Å². The molecule has 0 aromatic heterocycles. The molecule has 14 heavy (non-hydrogen) atoms. The van der Waals surface area contributed by atoms with Gasteiger partial charge < -0.3 is 23.9 Å². The number of hydrogen-bond donors (Lipinski definition) is 2. The van der Waals surface area contributed by atoms with Crippen LogP contribution in [0, 0.1) is 0 Å². The van der Waals surface area contributed by atoms with Gasteiger partial charge in [0.25, 0.3) is 0 Å². The van der Waals surface area contributed by atoms with Gasteiger partial charge in [0.05, 0.1) is 0 Å². The fourth-order valence-electron chi connectivity index (χ4n) is 1.01. The van der Waals surface area contributed by atoms with Gasteiger partial charge in [0, 0.05) is 40.5 Å². The Bertz CT molecular complexity index is 116. The van der Waals surface area contributed by atoms with Crippen LogP contribution in [0.5, 0.6) is 0 Å². The molecule has 0 radical (unpaired) electrons. The smallest absolute Gasteiger partial charge is 0.379 e. The summed E-state index contributed by atoms with van der Waals surface area (Å²) in [6, 6.07) is 0.769. The number of rotatable bonds is 5.